The largest absolute Gasteiger partial charge is 0.497 e. The van der Waals surface area contributed by atoms with Gasteiger partial charge in [-0.2, -0.15) is 0 Å². The van der Waals surface area contributed by atoms with Gasteiger partial charge in [0.1, 0.15) is 11.6 Å². The standard InChI is InChI=1S/C9H11N3O2/c1-14-7-2-4-12-8(3-5-13)10-11-9(12)6-7/h2,4,6,13H,3,5H2,1H3. The molecule has 0 saturated heterocycles. The van der Waals surface area contributed by atoms with Crippen molar-refractivity contribution in [3.8, 4) is 5.75 Å². The second-order valence-electron chi connectivity index (χ2n) is 2.88. The Labute approximate surface area is 81.0 Å². The van der Waals surface area contributed by atoms with Crippen LogP contribution in [0.3, 0.4) is 0 Å². The maximum atomic E-state index is 8.79. The van der Waals surface area contributed by atoms with Crippen LogP contribution in [0.25, 0.3) is 5.65 Å². The van der Waals surface area contributed by atoms with E-state index in [9.17, 15) is 0 Å². The van der Waals surface area contributed by atoms with Gasteiger partial charge in [-0.3, -0.25) is 4.40 Å². The Morgan fingerprint density at radius 3 is 3.07 bits per heavy atom. The van der Waals surface area contributed by atoms with Crippen LogP contribution in [0.4, 0.5) is 0 Å². The number of hydrogen-bond acceptors (Lipinski definition) is 4. The van der Waals surface area contributed by atoms with Gasteiger partial charge in [0.05, 0.1) is 13.7 Å². The summed E-state index contributed by atoms with van der Waals surface area (Å²) in [5.41, 5.74) is 0.729. The van der Waals surface area contributed by atoms with Gasteiger partial charge in [0, 0.05) is 18.7 Å². The number of hydrogen-bond donors (Lipinski definition) is 1. The number of methoxy groups -OCH3 is 1. The van der Waals surface area contributed by atoms with Crippen molar-refractivity contribution >= 4 is 5.65 Å². The van der Waals surface area contributed by atoms with Gasteiger partial charge in [0.2, 0.25) is 0 Å². The van der Waals surface area contributed by atoms with Gasteiger partial charge in [-0.25, -0.2) is 0 Å². The van der Waals surface area contributed by atoms with Crippen molar-refractivity contribution in [1.82, 2.24) is 14.6 Å². The molecule has 0 amide bonds. The molecule has 5 nitrogen and oxygen atoms in total. The highest BCUT2D eigenvalue weighted by atomic mass is 16.5. The third kappa shape index (κ3) is 1.42. The predicted molar refractivity (Wildman–Crippen MR) is 50.3 cm³/mol. The van der Waals surface area contributed by atoms with E-state index in [0.717, 1.165) is 17.2 Å². The van der Waals surface area contributed by atoms with E-state index in [-0.39, 0.29) is 6.61 Å². The van der Waals surface area contributed by atoms with Crippen molar-refractivity contribution < 1.29 is 9.84 Å². The first kappa shape index (κ1) is 8.96. The second kappa shape index (κ2) is 3.63. The third-order valence-electron chi connectivity index (χ3n) is 2.02. The third-order valence-corrected chi connectivity index (χ3v) is 2.02. The summed E-state index contributed by atoms with van der Waals surface area (Å²) in [6.07, 6.45) is 2.34. The monoisotopic (exact) mass is 193 g/mol. The normalized spacial score (nSPS) is 10.7. The fourth-order valence-electron chi connectivity index (χ4n) is 1.32. The van der Waals surface area contributed by atoms with E-state index in [1.54, 1.807) is 13.2 Å². The highest BCUT2D eigenvalue weighted by Gasteiger charge is 2.04. The number of fused-ring (bicyclic) bond motifs is 1. The van der Waals surface area contributed by atoms with Crippen LogP contribution in [0, 0.1) is 0 Å². The minimum Gasteiger partial charge on any atom is -0.497 e. The summed E-state index contributed by atoms with van der Waals surface area (Å²) >= 11 is 0. The lowest BCUT2D eigenvalue weighted by Gasteiger charge is -2.00. The second-order valence-corrected chi connectivity index (χ2v) is 2.88. The number of aliphatic hydroxyl groups excluding tert-OH is 1. The van der Waals surface area contributed by atoms with E-state index >= 15 is 0 Å². The van der Waals surface area contributed by atoms with Gasteiger partial charge in [0.15, 0.2) is 5.65 Å². The molecule has 0 atom stereocenters. The molecule has 2 rings (SSSR count). The molecule has 1 N–H and O–H groups in total. The van der Waals surface area contributed by atoms with Crippen molar-refractivity contribution in [2.75, 3.05) is 13.7 Å². The zero-order valence-electron chi connectivity index (χ0n) is 7.84. The fraction of sp³-hybridized carbons (Fsp3) is 0.333. The van der Waals surface area contributed by atoms with Crippen LogP contribution in [-0.2, 0) is 6.42 Å². The van der Waals surface area contributed by atoms with Crippen LogP contribution in [0.5, 0.6) is 5.75 Å². The number of aromatic nitrogens is 3. The molecular weight excluding hydrogens is 182 g/mol. The lowest BCUT2D eigenvalue weighted by Crippen LogP contribution is -1.98. The maximum absolute atomic E-state index is 8.79. The summed E-state index contributed by atoms with van der Waals surface area (Å²) in [7, 11) is 1.61. The van der Waals surface area contributed by atoms with Crippen molar-refractivity contribution in [2.24, 2.45) is 0 Å². The van der Waals surface area contributed by atoms with Crippen molar-refractivity contribution in [2.45, 2.75) is 6.42 Å². The summed E-state index contributed by atoms with van der Waals surface area (Å²) in [6.45, 7) is 0.0762. The molecule has 0 radical (unpaired) electrons. The number of pyridine rings is 1. The Morgan fingerprint density at radius 2 is 2.36 bits per heavy atom. The molecule has 2 heterocycles. The molecule has 5 heteroatoms. The molecule has 14 heavy (non-hydrogen) atoms. The Bertz CT molecular complexity index is 439. The van der Waals surface area contributed by atoms with Gasteiger partial charge < -0.3 is 9.84 Å². The SMILES string of the molecule is COc1ccn2c(CCO)nnc2c1. The molecule has 74 valence electrons. The van der Waals surface area contributed by atoms with Crippen molar-refractivity contribution in [3.63, 3.8) is 0 Å². The molecule has 0 aliphatic heterocycles. The fourth-order valence-corrected chi connectivity index (χ4v) is 1.32. The number of aliphatic hydroxyl groups is 1. The molecule has 0 aromatic carbocycles. The van der Waals surface area contributed by atoms with Gasteiger partial charge >= 0.3 is 0 Å². The predicted octanol–water partition coefficient (Wildman–Crippen LogP) is 0.273. The van der Waals surface area contributed by atoms with Crippen molar-refractivity contribution in [1.29, 1.82) is 0 Å². The molecule has 0 unspecified atom stereocenters. The average molecular weight is 193 g/mol. The van der Waals surface area contributed by atoms with Gasteiger partial charge in [-0.1, -0.05) is 0 Å². The molecule has 0 spiro atoms. The van der Waals surface area contributed by atoms with Crippen LogP contribution in [0.1, 0.15) is 5.82 Å². The van der Waals surface area contributed by atoms with E-state index in [1.807, 2.05) is 16.7 Å². The highest BCUT2D eigenvalue weighted by Crippen LogP contribution is 2.13. The molecule has 2 aromatic rings. The zero-order valence-corrected chi connectivity index (χ0v) is 7.84. The molecular formula is C9H11N3O2. The van der Waals surface area contributed by atoms with Crippen LogP contribution < -0.4 is 4.74 Å². The minimum atomic E-state index is 0.0762. The van der Waals surface area contributed by atoms with E-state index in [1.165, 1.54) is 0 Å². The average Bonchev–Trinajstić information content (AvgIpc) is 2.61. The Balaban J connectivity index is 2.48. The van der Waals surface area contributed by atoms with E-state index in [4.69, 9.17) is 9.84 Å². The first-order valence-corrected chi connectivity index (χ1v) is 4.33. The number of rotatable bonds is 3. The maximum Gasteiger partial charge on any atom is 0.164 e. The molecule has 0 bridgehead atoms. The Kier molecular flexibility index (Phi) is 2.32. The van der Waals surface area contributed by atoms with Crippen LogP contribution in [0.15, 0.2) is 18.3 Å². The topological polar surface area (TPSA) is 59.7 Å². The molecule has 0 fully saturated rings. The zero-order chi connectivity index (χ0) is 9.97. The minimum absolute atomic E-state index is 0.0762. The van der Waals surface area contributed by atoms with E-state index in [0.29, 0.717) is 6.42 Å². The van der Waals surface area contributed by atoms with Crippen LogP contribution in [0.2, 0.25) is 0 Å². The van der Waals surface area contributed by atoms with E-state index < -0.39 is 0 Å². The summed E-state index contributed by atoms with van der Waals surface area (Å²) in [5, 5.41) is 16.7. The smallest absolute Gasteiger partial charge is 0.164 e. The first-order valence-electron chi connectivity index (χ1n) is 4.33. The first-order chi connectivity index (χ1) is 6.85. The molecule has 0 aliphatic rings. The Morgan fingerprint density at radius 1 is 1.50 bits per heavy atom. The summed E-state index contributed by atoms with van der Waals surface area (Å²) < 4.78 is 6.89. The van der Waals surface area contributed by atoms with Gasteiger partial charge in [-0.05, 0) is 6.07 Å². The van der Waals surface area contributed by atoms with Crippen LogP contribution >= 0.6 is 0 Å². The summed E-state index contributed by atoms with van der Waals surface area (Å²) in [6, 6.07) is 3.63. The number of ether oxygens (including phenoxy) is 1. The molecule has 0 aliphatic carbocycles. The van der Waals surface area contributed by atoms with Gasteiger partial charge in [-0.15, -0.1) is 10.2 Å². The Hall–Kier alpha value is -1.62. The van der Waals surface area contributed by atoms with Crippen molar-refractivity contribution in [3.05, 3.63) is 24.2 Å². The molecule has 2 aromatic heterocycles. The van der Waals surface area contributed by atoms with Crippen LogP contribution in [-0.4, -0.2) is 33.4 Å². The lowest BCUT2D eigenvalue weighted by atomic mass is 10.4. The van der Waals surface area contributed by atoms with Gasteiger partial charge in [0.25, 0.3) is 0 Å². The number of nitrogens with zero attached hydrogens (tertiary/aromatic N) is 3. The lowest BCUT2D eigenvalue weighted by molar-refractivity contribution is 0.296. The summed E-state index contributed by atoms with van der Waals surface area (Å²) in [5.74, 6) is 1.51. The quantitative estimate of drug-likeness (QED) is 0.760. The van der Waals surface area contributed by atoms with E-state index in [2.05, 4.69) is 10.2 Å². The molecule has 0 saturated carbocycles. The highest BCUT2D eigenvalue weighted by molar-refractivity contribution is 5.43. The summed E-state index contributed by atoms with van der Waals surface area (Å²) in [4.78, 5) is 0.